The van der Waals surface area contributed by atoms with Crippen LogP contribution in [0.4, 0.5) is 8.78 Å². The van der Waals surface area contributed by atoms with E-state index in [1.54, 1.807) is 11.6 Å². The van der Waals surface area contributed by atoms with Crippen LogP contribution in [0.2, 0.25) is 0 Å². The van der Waals surface area contributed by atoms with Crippen molar-refractivity contribution >= 4 is 11.3 Å². The monoisotopic (exact) mass is 282 g/mol. The van der Waals surface area contributed by atoms with Gasteiger partial charge < -0.3 is 5.32 Å². The number of aryl methyl sites for hydroxylation is 1. The number of halogens is 2. The van der Waals surface area contributed by atoms with Crippen molar-refractivity contribution in [3.63, 3.8) is 0 Å². The molecule has 0 saturated carbocycles. The first-order valence-corrected chi connectivity index (χ1v) is 7.10. The van der Waals surface area contributed by atoms with E-state index in [2.05, 4.69) is 10.3 Å². The maximum absolute atomic E-state index is 14.0. The van der Waals surface area contributed by atoms with Crippen molar-refractivity contribution < 1.29 is 8.78 Å². The molecule has 1 N–H and O–H groups in total. The number of nitrogens with one attached hydrogen (secondary N) is 1. The Hall–Kier alpha value is -1.33. The normalized spacial score (nSPS) is 12.6. The average Bonchev–Trinajstić information content (AvgIpc) is 2.81. The maximum atomic E-state index is 14.0. The number of thiazole rings is 1. The summed E-state index contributed by atoms with van der Waals surface area (Å²) in [6.45, 7) is 4.65. The minimum atomic E-state index is -0.817. The van der Waals surface area contributed by atoms with Crippen LogP contribution in [0.1, 0.15) is 35.5 Å². The summed E-state index contributed by atoms with van der Waals surface area (Å²) in [6.07, 6.45) is 0.922. The summed E-state index contributed by atoms with van der Waals surface area (Å²) in [4.78, 5) is 5.11. The van der Waals surface area contributed by atoms with Gasteiger partial charge in [0.05, 0.1) is 17.2 Å². The van der Waals surface area contributed by atoms with Crippen LogP contribution in [0.25, 0.3) is 0 Å². The Kier molecular flexibility index (Phi) is 4.61. The van der Waals surface area contributed by atoms with E-state index in [4.69, 9.17) is 0 Å². The van der Waals surface area contributed by atoms with Crippen molar-refractivity contribution in [3.05, 3.63) is 51.5 Å². The number of hydrogen-bond acceptors (Lipinski definition) is 3. The lowest BCUT2D eigenvalue weighted by Crippen LogP contribution is -2.24. The summed E-state index contributed by atoms with van der Waals surface area (Å²) in [6, 6.07) is 3.94. The topological polar surface area (TPSA) is 24.9 Å². The third kappa shape index (κ3) is 2.98. The molecule has 1 aromatic heterocycles. The standard InChI is InChI=1S/C14H16F2N2S/c1-3-7-17-13(14-9(2)18-8-19-14)10-5-4-6-11(15)12(10)16/h4-6,8,13,17H,3,7H2,1-2H3. The smallest absolute Gasteiger partial charge is 0.163 e. The van der Waals surface area contributed by atoms with E-state index < -0.39 is 11.6 Å². The van der Waals surface area contributed by atoms with Crippen LogP contribution in [0.15, 0.2) is 23.7 Å². The van der Waals surface area contributed by atoms with Crippen LogP contribution in [0.3, 0.4) is 0 Å². The molecule has 0 bridgehead atoms. The first kappa shape index (κ1) is 14.1. The van der Waals surface area contributed by atoms with E-state index in [-0.39, 0.29) is 6.04 Å². The fourth-order valence-electron chi connectivity index (χ4n) is 1.96. The van der Waals surface area contributed by atoms with E-state index >= 15 is 0 Å². The molecule has 0 aliphatic rings. The molecule has 2 aromatic rings. The minimum Gasteiger partial charge on any atom is -0.305 e. The van der Waals surface area contributed by atoms with Crippen LogP contribution >= 0.6 is 11.3 Å². The van der Waals surface area contributed by atoms with Crippen molar-refractivity contribution in [3.8, 4) is 0 Å². The predicted molar refractivity (Wildman–Crippen MR) is 73.3 cm³/mol. The van der Waals surface area contributed by atoms with Crippen molar-refractivity contribution in [1.29, 1.82) is 0 Å². The Morgan fingerprint density at radius 2 is 2.16 bits per heavy atom. The Morgan fingerprint density at radius 3 is 2.79 bits per heavy atom. The molecule has 1 unspecified atom stereocenters. The number of benzene rings is 1. The van der Waals surface area contributed by atoms with Gasteiger partial charge in [0.25, 0.3) is 0 Å². The van der Waals surface area contributed by atoms with Crippen LogP contribution in [0, 0.1) is 18.6 Å². The van der Waals surface area contributed by atoms with Crippen molar-refractivity contribution in [2.75, 3.05) is 6.54 Å². The average molecular weight is 282 g/mol. The number of rotatable bonds is 5. The summed E-state index contributed by atoms with van der Waals surface area (Å²) in [5, 5.41) is 3.26. The molecule has 102 valence electrons. The summed E-state index contributed by atoms with van der Waals surface area (Å²) in [5.74, 6) is -1.60. The summed E-state index contributed by atoms with van der Waals surface area (Å²) < 4.78 is 27.4. The molecule has 0 amide bonds. The van der Waals surface area contributed by atoms with Crippen LogP contribution in [-0.2, 0) is 0 Å². The highest BCUT2D eigenvalue weighted by Gasteiger charge is 2.22. The lowest BCUT2D eigenvalue weighted by molar-refractivity contribution is 0.481. The van der Waals surface area contributed by atoms with Crippen LogP contribution < -0.4 is 5.32 Å². The Balaban J connectivity index is 2.43. The SMILES string of the molecule is CCCNC(c1cccc(F)c1F)c1scnc1C. The minimum absolute atomic E-state index is 0.334. The molecule has 0 aliphatic heterocycles. The van der Waals surface area contributed by atoms with Crippen molar-refractivity contribution in [2.45, 2.75) is 26.3 Å². The predicted octanol–water partition coefficient (Wildman–Crippen LogP) is 3.82. The van der Waals surface area contributed by atoms with E-state index in [0.717, 1.165) is 29.6 Å². The summed E-state index contributed by atoms with van der Waals surface area (Å²) in [5.41, 5.74) is 2.91. The van der Waals surface area contributed by atoms with Crippen molar-refractivity contribution in [2.24, 2.45) is 0 Å². The molecule has 1 aromatic carbocycles. The van der Waals surface area contributed by atoms with Gasteiger partial charge in [-0.1, -0.05) is 19.1 Å². The zero-order chi connectivity index (χ0) is 13.8. The van der Waals surface area contributed by atoms with Gasteiger partial charge in [-0.15, -0.1) is 11.3 Å². The van der Waals surface area contributed by atoms with Gasteiger partial charge in [0.2, 0.25) is 0 Å². The Labute approximate surface area is 115 Å². The summed E-state index contributed by atoms with van der Waals surface area (Å²) in [7, 11) is 0. The first-order chi connectivity index (χ1) is 9.15. The van der Waals surface area contributed by atoms with E-state index in [9.17, 15) is 8.78 Å². The molecule has 0 aliphatic carbocycles. The second-order valence-corrected chi connectivity index (χ2v) is 5.22. The van der Waals surface area contributed by atoms with E-state index in [1.807, 2.05) is 13.8 Å². The molecule has 19 heavy (non-hydrogen) atoms. The molecule has 0 saturated heterocycles. The molecule has 0 fully saturated rings. The lowest BCUT2D eigenvalue weighted by atomic mass is 10.0. The number of aromatic nitrogens is 1. The maximum Gasteiger partial charge on any atom is 0.163 e. The molecular formula is C14H16F2N2S. The van der Waals surface area contributed by atoms with Gasteiger partial charge in [-0.25, -0.2) is 13.8 Å². The van der Waals surface area contributed by atoms with Crippen molar-refractivity contribution in [1.82, 2.24) is 10.3 Å². The molecule has 5 heteroatoms. The molecule has 1 atom stereocenters. The van der Waals surface area contributed by atoms with Crippen LogP contribution in [-0.4, -0.2) is 11.5 Å². The lowest BCUT2D eigenvalue weighted by Gasteiger charge is -2.19. The molecule has 0 radical (unpaired) electrons. The van der Waals surface area contributed by atoms with Gasteiger partial charge in [0.15, 0.2) is 11.6 Å². The third-order valence-electron chi connectivity index (χ3n) is 2.94. The van der Waals surface area contributed by atoms with Gasteiger partial charge >= 0.3 is 0 Å². The molecule has 2 nitrogen and oxygen atoms in total. The zero-order valence-electron chi connectivity index (χ0n) is 10.9. The quantitative estimate of drug-likeness (QED) is 0.901. The molecule has 0 spiro atoms. The number of hydrogen-bond donors (Lipinski definition) is 1. The molecular weight excluding hydrogens is 266 g/mol. The van der Waals surface area contributed by atoms with Gasteiger partial charge in [-0.05, 0) is 26.0 Å². The summed E-state index contributed by atoms with van der Waals surface area (Å²) >= 11 is 1.45. The largest absolute Gasteiger partial charge is 0.305 e. The fourth-order valence-corrected chi connectivity index (χ4v) is 2.86. The zero-order valence-corrected chi connectivity index (χ0v) is 11.7. The van der Waals surface area contributed by atoms with E-state index in [0.29, 0.717) is 5.56 Å². The highest BCUT2D eigenvalue weighted by molar-refractivity contribution is 7.09. The van der Waals surface area contributed by atoms with Gasteiger partial charge in [-0.2, -0.15) is 0 Å². The number of nitrogens with zero attached hydrogens (tertiary/aromatic N) is 1. The fraction of sp³-hybridized carbons (Fsp3) is 0.357. The van der Waals surface area contributed by atoms with Gasteiger partial charge in [0, 0.05) is 10.4 Å². The second-order valence-electron chi connectivity index (χ2n) is 4.33. The Morgan fingerprint density at radius 1 is 1.37 bits per heavy atom. The molecule has 2 rings (SSSR count). The highest BCUT2D eigenvalue weighted by Crippen LogP contribution is 2.30. The first-order valence-electron chi connectivity index (χ1n) is 6.22. The van der Waals surface area contributed by atoms with E-state index in [1.165, 1.54) is 17.4 Å². The Bertz CT molecular complexity index is 554. The second kappa shape index (κ2) is 6.21. The van der Waals surface area contributed by atoms with Crippen LogP contribution in [0.5, 0.6) is 0 Å². The van der Waals surface area contributed by atoms with Gasteiger partial charge in [-0.3, -0.25) is 0 Å². The highest BCUT2D eigenvalue weighted by atomic mass is 32.1. The third-order valence-corrected chi connectivity index (χ3v) is 3.93. The van der Waals surface area contributed by atoms with Gasteiger partial charge in [0.1, 0.15) is 0 Å². The molecule has 1 heterocycles.